The van der Waals surface area contributed by atoms with Gasteiger partial charge in [-0.2, -0.15) is 5.26 Å². The number of nitrogens with one attached hydrogen (secondary N) is 1. The maximum Gasteiger partial charge on any atom is 0.219 e. The third-order valence-corrected chi connectivity index (χ3v) is 3.67. The summed E-state index contributed by atoms with van der Waals surface area (Å²) in [5, 5.41) is 12.1. The van der Waals surface area contributed by atoms with Crippen LogP contribution in [0.15, 0.2) is 24.3 Å². The quantitative estimate of drug-likeness (QED) is 0.903. The maximum absolute atomic E-state index is 11.2. The molecule has 0 saturated carbocycles. The predicted molar refractivity (Wildman–Crippen MR) is 74.6 cm³/mol. The molecule has 100 valence electrons. The average Bonchev–Trinajstić information content (AvgIpc) is 2.46. The number of rotatable bonds is 3. The topological polar surface area (TPSA) is 56.1 Å². The van der Waals surface area contributed by atoms with E-state index >= 15 is 0 Å². The lowest BCUT2D eigenvalue weighted by atomic mass is 9.96. The summed E-state index contributed by atoms with van der Waals surface area (Å²) in [5.41, 5.74) is 1.73. The van der Waals surface area contributed by atoms with Crippen LogP contribution in [-0.4, -0.2) is 30.4 Å². The lowest BCUT2D eigenvalue weighted by molar-refractivity contribution is -0.130. The third kappa shape index (κ3) is 3.72. The zero-order valence-electron chi connectivity index (χ0n) is 11.2. The smallest absolute Gasteiger partial charge is 0.219 e. The third-order valence-electron chi connectivity index (χ3n) is 3.67. The highest BCUT2D eigenvalue weighted by atomic mass is 16.2. The summed E-state index contributed by atoms with van der Waals surface area (Å²) in [7, 11) is 0. The fraction of sp³-hybridized carbons (Fsp3) is 0.467. The van der Waals surface area contributed by atoms with Crippen LogP contribution in [0.4, 0.5) is 5.69 Å². The molecule has 2 rings (SSSR count). The fourth-order valence-corrected chi connectivity index (χ4v) is 2.38. The molecule has 0 aliphatic carbocycles. The summed E-state index contributed by atoms with van der Waals surface area (Å²) in [4.78, 5) is 13.1. The normalized spacial score (nSPS) is 15.9. The van der Waals surface area contributed by atoms with Crippen LogP contribution in [0.5, 0.6) is 0 Å². The SMILES string of the molecule is CC(=O)N1CCC(CNc2ccc(C#N)cc2)CC1. The molecule has 1 aromatic rings. The van der Waals surface area contributed by atoms with E-state index in [4.69, 9.17) is 5.26 Å². The van der Waals surface area contributed by atoms with Gasteiger partial charge in [-0.3, -0.25) is 4.79 Å². The van der Waals surface area contributed by atoms with Gasteiger partial charge in [0.2, 0.25) is 5.91 Å². The van der Waals surface area contributed by atoms with Gasteiger partial charge in [-0.1, -0.05) is 0 Å². The number of nitrogens with zero attached hydrogens (tertiary/aromatic N) is 2. The summed E-state index contributed by atoms with van der Waals surface area (Å²) in [6, 6.07) is 9.62. The van der Waals surface area contributed by atoms with E-state index in [0.717, 1.165) is 38.2 Å². The van der Waals surface area contributed by atoms with Crippen LogP contribution in [0.25, 0.3) is 0 Å². The number of amides is 1. The Morgan fingerprint density at radius 2 is 2.00 bits per heavy atom. The fourth-order valence-electron chi connectivity index (χ4n) is 2.38. The zero-order valence-corrected chi connectivity index (χ0v) is 11.2. The molecule has 0 atom stereocenters. The van der Waals surface area contributed by atoms with Crippen molar-refractivity contribution >= 4 is 11.6 Å². The number of piperidine rings is 1. The number of anilines is 1. The predicted octanol–water partition coefficient (Wildman–Crippen LogP) is 2.23. The Balaban J connectivity index is 1.77. The molecule has 0 spiro atoms. The van der Waals surface area contributed by atoms with Gasteiger partial charge in [0.15, 0.2) is 0 Å². The van der Waals surface area contributed by atoms with E-state index in [1.807, 2.05) is 29.2 Å². The van der Waals surface area contributed by atoms with Crippen molar-refractivity contribution in [2.75, 3.05) is 25.0 Å². The Labute approximate surface area is 114 Å². The lowest BCUT2D eigenvalue weighted by Crippen LogP contribution is -2.38. The first kappa shape index (κ1) is 13.4. The van der Waals surface area contributed by atoms with Gasteiger partial charge in [-0.05, 0) is 43.0 Å². The summed E-state index contributed by atoms with van der Waals surface area (Å²) in [6.45, 7) is 4.30. The van der Waals surface area contributed by atoms with Gasteiger partial charge >= 0.3 is 0 Å². The zero-order chi connectivity index (χ0) is 13.7. The van der Waals surface area contributed by atoms with Crippen molar-refractivity contribution < 1.29 is 4.79 Å². The van der Waals surface area contributed by atoms with Crippen LogP contribution < -0.4 is 5.32 Å². The first-order chi connectivity index (χ1) is 9.19. The second-order valence-corrected chi connectivity index (χ2v) is 5.02. The molecule has 1 heterocycles. The molecule has 0 bridgehead atoms. The number of carbonyl (C=O) groups excluding carboxylic acids is 1. The number of nitriles is 1. The van der Waals surface area contributed by atoms with Crippen molar-refractivity contribution in [2.24, 2.45) is 5.92 Å². The Kier molecular flexibility index (Phi) is 4.40. The Hall–Kier alpha value is -2.02. The molecule has 1 fully saturated rings. The van der Waals surface area contributed by atoms with E-state index in [9.17, 15) is 4.79 Å². The van der Waals surface area contributed by atoms with Crippen molar-refractivity contribution in [2.45, 2.75) is 19.8 Å². The molecule has 4 heteroatoms. The van der Waals surface area contributed by atoms with Crippen LogP contribution >= 0.6 is 0 Å². The summed E-state index contributed by atoms with van der Waals surface area (Å²) < 4.78 is 0. The number of hydrogen-bond acceptors (Lipinski definition) is 3. The number of likely N-dealkylation sites (tertiary alicyclic amines) is 1. The molecular formula is C15H19N3O. The van der Waals surface area contributed by atoms with Crippen molar-refractivity contribution in [1.82, 2.24) is 4.90 Å². The highest BCUT2D eigenvalue weighted by molar-refractivity contribution is 5.73. The number of hydrogen-bond donors (Lipinski definition) is 1. The minimum Gasteiger partial charge on any atom is -0.385 e. The second-order valence-electron chi connectivity index (χ2n) is 5.02. The van der Waals surface area contributed by atoms with E-state index < -0.39 is 0 Å². The van der Waals surface area contributed by atoms with Crippen molar-refractivity contribution in [3.63, 3.8) is 0 Å². The number of carbonyl (C=O) groups is 1. The summed E-state index contributed by atoms with van der Waals surface area (Å²) >= 11 is 0. The summed E-state index contributed by atoms with van der Waals surface area (Å²) in [5.74, 6) is 0.796. The molecule has 1 aromatic carbocycles. The van der Waals surface area contributed by atoms with Gasteiger partial charge in [0.25, 0.3) is 0 Å². The molecule has 1 saturated heterocycles. The highest BCUT2D eigenvalue weighted by Crippen LogP contribution is 2.18. The molecule has 1 aliphatic rings. The van der Waals surface area contributed by atoms with Gasteiger partial charge in [-0.15, -0.1) is 0 Å². The first-order valence-electron chi connectivity index (χ1n) is 6.68. The molecule has 4 nitrogen and oxygen atoms in total. The van der Waals surface area contributed by atoms with Crippen molar-refractivity contribution in [3.05, 3.63) is 29.8 Å². The van der Waals surface area contributed by atoms with Crippen molar-refractivity contribution in [1.29, 1.82) is 5.26 Å². The van der Waals surface area contributed by atoms with Crippen LogP contribution in [0.3, 0.4) is 0 Å². The molecule has 0 unspecified atom stereocenters. The monoisotopic (exact) mass is 257 g/mol. The van der Waals surface area contributed by atoms with Crippen LogP contribution in [0.2, 0.25) is 0 Å². The molecule has 1 amide bonds. The Morgan fingerprint density at radius 3 is 2.53 bits per heavy atom. The minimum atomic E-state index is 0.179. The van der Waals surface area contributed by atoms with Gasteiger partial charge in [0.05, 0.1) is 11.6 Å². The van der Waals surface area contributed by atoms with E-state index in [1.54, 1.807) is 6.92 Å². The van der Waals surface area contributed by atoms with E-state index in [2.05, 4.69) is 11.4 Å². The van der Waals surface area contributed by atoms with Gasteiger partial charge in [-0.25, -0.2) is 0 Å². The van der Waals surface area contributed by atoms with E-state index in [-0.39, 0.29) is 5.91 Å². The first-order valence-corrected chi connectivity index (χ1v) is 6.68. The number of benzene rings is 1. The van der Waals surface area contributed by atoms with Gasteiger partial charge < -0.3 is 10.2 Å². The van der Waals surface area contributed by atoms with E-state index in [0.29, 0.717) is 11.5 Å². The molecule has 0 radical (unpaired) electrons. The Bertz CT molecular complexity index is 467. The standard InChI is InChI=1S/C15H19N3O/c1-12(19)18-8-6-14(7-9-18)11-17-15-4-2-13(10-16)3-5-15/h2-5,14,17H,6-9,11H2,1H3. The van der Waals surface area contributed by atoms with Gasteiger partial charge in [0, 0.05) is 32.2 Å². The molecule has 1 N–H and O–H groups in total. The van der Waals surface area contributed by atoms with Crippen LogP contribution in [-0.2, 0) is 4.79 Å². The molecule has 1 aliphatic heterocycles. The van der Waals surface area contributed by atoms with Gasteiger partial charge in [0.1, 0.15) is 0 Å². The summed E-state index contributed by atoms with van der Waals surface area (Å²) in [6.07, 6.45) is 2.12. The van der Waals surface area contributed by atoms with Crippen molar-refractivity contribution in [3.8, 4) is 6.07 Å². The minimum absolute atomic E-state index is 0.179. The molecule has 0 aromatic heterocycles. The van der Waals surface area contributed by atoms with Crippen LogP contribution in [0, 0.1) is 17.2 Å². The maximum atomic E-state index is 11.2. The largest absolute Gasteiger partial charge is 0.385 e. The second kappa shape index (κ2) is 6.24. The Morgan fingerprint density at radius 1 is 1.37 bits per heavy atom. The van der Waals surface area contributed by atoms with Crippen LogP contribution in [0.1, 0.15) is 25.3 Å². The highest BCUT2D eigenvalue weighted by Gasteiger charge is 2.20. The van der Waals surface area contributed by atoms with E-state index in [1.165, 1.54) is 0 Å². The molecule has 19 heavy (non-hydrogen) atoms. The average molecular weight is 257 g/mol. The molecular weight excluding hydrogens is 238 g/mol. The lowest BCUT2D eigenvalue weighted by Gasteiger charge is -2.31.